The molecular formula is C19H21FN2O2S. The summed E-state index contributed by atoms with van der Waals surface area (Å²) in [5, 5.41) is 0. The Morgan fingerprint density at radius 2 is 2.12 bits per heavy atom. The highest BCUT2D eigenvalue weighted by molar-refractivity contribution is 7.99. The molecule has 1 amide bonds. The molecule has 0 aliphatic carbocycles. The van der Waals surface area contributed by atoms with Gasteiger partial charge in [-0.3, -0.25) is 9.69 Å². The van der Waals surface area contributed by atoms with E-state index in [9.17, 15) is 9.18 Å². The Morgan fingerprint density at radius 1 is 1.32 bits per heavy atom. The van der Waals surface area contributed by atoms with Crippen LogP contribution in [0.25, 0.3) is 0 Å². The van der Waals surface area contributed by atoms with E-state index in [1.165, 1.54) is 13.2 Å². The molecule has 0 bridgehead atoms. The molecule has 4 nitrogen and oxygen atoms in total. The predicted octanol–water partition coefficient (Wildman–Crippen LogP) is 3.41. The van der Waals surface area contributed by atoms with Gasteiger partial charge in [-0.15, -0.1) is 11.8 Å². The third kappa shape index (κ3) is 4.14. The Balaban J connectivity index is 1.64. The summed E-state index contributed by atoms with van der Waals surface area (Å²) < 4.78 is 18.7. The second kappa shape index (κ2) is 7.89. The molecule has 0 atom stereocenters. The van der Waals surface area contributed by atoms with Crippen LogP contribution in [0.15, 0.2) is 47.4 Å². The molecule has 25 heavy (non-hydrogen) atoms. The van der Waals surface area contributed by atoms with Crippen molar-refractivity contribution in [2.75, 3.05) is 37.9 Å². The number of rotatable bonds is 5. The highest BCUT2D eigenvalue weighted by Crippen LogP contribution is 2.34. The van der Waals surface area contributed by atoms with Crippen molar-refractivity contribution >= 4 is 23.4 Å². The highest BCUT2D eigenvalue weighted by Gasteiger charge is 2.23. The first-order valence-corrected chi connectivity index (χ1v) is 9.10. The van der Waals surface area contributed by atoms with E-state index in [0.29, 0.717) is 13.1 Å². The van der Waals surface area contributed by atoms with Crippen molar-refractivity contribution in [3.8, 4) is 5.75 Å². The monoisotopic (exact) mass is 360 g/mol. The number of para-hydroxylation sites is 1. The van der Waals surface area contributed by atoms with Crippen molar-refractivity contribution in [2.45, 2.75) is 11.4 Å². The van der Waals surface area contributed by atoms with E-state index in [2.05, 4.69) is 0 Å². The first kappa shape index (κ1) is 17.8. The third-order valence-electron chi connectivity index (χ3n) is 4.10. The van der Waals surface area contributed by atoms with Crippen molar-refractivity contribution in [1.29, 1.82) is 0 Å². The van der Waals surface area contributed by atoms with Gasteiger partial charge >= 0.3 is 0 Å². The van der Waals surface area contributed by atoms with Crippen LogP contribution in [0.3, 0.4) is 0 Å². The lowest BCUT2D eigenvalue weighted by Gasteiger charge is -2.30. The van der Waals surface area contributed by atoms with E-state index < -0.39 is 0 Å². The van der Waals surface area contributed by atoms with Gasteiger partial charge in [-0.25, -0.2) is 4.39 Å². The number of benzene rings is 2. The number of hydrogen-bond acceptors (Lipinski definition) is 4. The Hall–Kier alpha value is -2.05. The van der Waals surface area contributed by atoms with Gasteiger partial charge in [0.15, 0.2) is 11.6 Å². The fraction of sp³-hybridized carbons (Fsp3) is 0.316. The van der Waals surface area contributed by atoms with E-state index >= 15 is 0 Å². The number of amides is 1. The molecule has 132 valence electrons. The zero-order valence-electron chi connectivity index (χ0n) is 14.4. The number of thioether (sulfide) groups is 1. The molecule has 6 heteroatoms. The number of ether oxygens (including phenoxy) is 1. The fourth-order valence-electron chi connectivity index (χ4n) is 2.92. The molecule has 2 aromatic carbocycles. The molecule has 2 aromatic rings. The molecule has 0 N–H and O–H groups in total. The SMILES string of the molecule is COc1ccc(CN(C)CC(=O)N2CCSc3ccccc32)cc1F. The van der Waals surface area contributed by atoms with E-state index in [1.54, 1.807) is 17.8 Å². The van der Waals surface area contributed by atoms with Gasteiger partial charge in [-0.2, -0.15) is 0 Å². The average Bonchev–Trinajstić information content (AvgIpc) is 2.61. The van der Waals surface area contributed by atoms with Gasteiger partial charge in [0, 0.05) is 23.7 Å². The van der Waals surface area contributed by atoms with Crippen LogP contribution in [0.2, 0.25) is 0 Å². The zero-order chi connectivity index (χ0) is 17.8. The van der Waals surface area contributed by atoms with Gasteiger partial charge in [-0.05, 0) is 36.9 Å². The van der Waals surface area contributed by atoms with Crippen LogP contribution >= 0.6 is 11.8 Å². The maximum Gasteiger partial charge on any atom is 0.241 e. The summed E-state index contributed by atoms with van der Waals surface area (Å²) in [5.41, 5.74) is 1.79. The van der Waals surface area contributed by atoms with Crippen LogP contribution in [0.1, 0.15) is 5.56 Å². The van der Waals surface area contributed by atoms with Crippen LogP contribution < -0.4 is 9.64 Å². The van der Waals surface area contributed by atoms with Crippen LogP contribution in [-0.2, 0) is 11.3 Å². The first-order valence-electron chi connectivity index (χ1n) is 8.11. The number of carbonyl (C=O) groups is 1. The number of hydrogen-bond donors (Lipinski definition) is 0. The number of anilines is 1. The van der Waals surface area contributed by atoms with E-state index in [4.69, 9.17) is 4.74 Å². The lowest BCUT2D eigenvalue weighted by Crippen LogP contribution is -2.41. The fourth-order valence-corrected chi connectivity index (χ4v) is 3.92. The van der Waals surface area contributed by atoms with Gasteiger partial charge in [0.1, 0.15) is 0 Å². The second-order valence-electron chi connectivity index (χ2n) is 6.00. The van der Waals surface area contributed by atoms with Crippen LogP contribution in [0, 0.1) is 5.82 Å². The van der Waals surface area contributed by atoms with Crippen LogP contribution in [-0.4, -0.2) is 43.8 Å². The van der Waals surface area contributed by atoms with Crippen molar-refractivity contribution in [2.24, 2.45) is 0 Å². The number of methoxy groups -OCH3 is 1. The van der Waals surface area contributed by atoms with E-state index in [1.807, 2.05) is 47.2 Å². The maximum absolute atomic E-state index is 13.8. The second-order valence-corrected chi connectivity index (χ2v) is 7.14. The van der Waals surface area contributed by atoms with Gasteiger partial charge < -0.3 is 9.64 Å². The normalized spacial score (nSPS) is 13.7. The molecule has 0 spiro atoms. The maximum atomic E-state index is 13.8. The van der Waals surface area contributed by atoms with Gasteiger partial charge in [0.25, 0.3) is 0 Å². The summed E-state index contributed by atoms with van der Waals surface area (Å²) in [6.45, 7) is 1.50. The highest BCUT2D eigenvalue weighted by atomic mass is 32.2. The van der Waals surface area contributed by atoms with E-state index in [0.717, 1.165) is 21.9 Å². The predicted molar refractivity (Wildman–Crippen MR) is 98.8 cm³/mol. The molecule has 1 aliphatic heterocycles. The minimum absolute atomic E-state index is 0.0595. The number of halogens is 1. The number of likely N-dealkylation sites (N-methyl/N-ethyl adjacent to an activating group) is 1. The van der Waals surface area contributed by atoms with Crippen molar-refractivity contribution < 1.29 is 13.9 Å². The van der Waals surface area contributed by atoms with Crippen molar-refractivity contribution in [3.05, 3.63) is 53.8 Å². The standard InChI is InChI=1S/C19H21FN2O2S/c1-21(12-14-7-8-17(24-2)15(20)11-14)13-19(23)22-9-10-25-18-6-4-3-5-16(18)22/h3-8,11H,9-10,12-13H2,1-2H3. The summed E-state index contributed by atoms with van der Waals surface area (Å²) >= 11 is 1.78. The summed E-state index contributed by atoms with van der Waals surface area (Å²) in [6.07, 6.45) is 0. The van der Waals surface area contributed by atoms with Crippen LogP contribution in [0.5, 0.6) is 5.75 Å². The Bertz CT molecular complexity index is 769. The molecular weight excluding hydrogens is 339 g/mol. The average molecular weight is 360 g/mol. The topological polar surface area (TPSA) is 32.8 Å². The smallest absolute Gasteiger partial charge is 0.241 e. The van der Waals surface area contributed by atoms with Crippen molar-refractivity contribution in [3.63, 3.8) is 0 Å². The van der Waals surface area contributed by atoms with Crippen LogP contribution in [0.4, 0.5) is 10.1 Å². The number of nitrogens with zero attached hydrogens (tertiary/aromatic N) is 2. The Labute approximate surface area is 151 Å². The summed E-state index contributed by atoms with van der Waals surface area (Å²) in [5.74, 6) is 0.798. The van der Waals surface area contributed by atoms with Gasteiger partial charge in [0.05, 0.1) is 19.3 Å². The van der Waals surface area contributed by atoms with E-state index in [-0.39, 0.29) is 24.0 Å². The quantitative estimate of drug-likeness (QED) is 0.818. The molecule has 0 fully saturated rings. The molecule has 3 rings (SSSR count). The lowest BCUT2D eigenvalue weighted by atomic mass is 10.2. The molecule has 0 saturated carbocycles. The zero-order valence-corrected chi connectivity index (χ0v) is 15.2. The minimum atomic E-state index is -0.387. The summed E-state index contributed by atoms with van der Waals surface area (Å²) in [6, 6.07) is 12.8. The third-order valence-corrected chi connectivity index (χ3v) is 5.15. The summed E-state index contributed by atoms with van der Waals surface area (Å²) in [4.78, 5) is 17.6. The molecule has 1 heterocycles. The van der Waals surface area contributed by atoms with Gasteiger partial charge in [0.2, 0.25) is 5.91 Å². The molecule has 0 unspecified atom stereocenters. The van der Waals surface area contributed by atoms with Crippen molar-refractivity contribution in [1.82, 2.24) is 4.90 Å². The first-order chi connectivity index (χ1) is 12.1. The lowest BCUT2D eigenvalue weighted by molar-refractivity contribution is -0.119. The Kier molecular flexibility index (Phi) is 5.60. The molecule has 0 aromatic heterocycles. The Morgan fingerprint density at radius 3 is 2.88 bits per heavy atom. The molecule has 1 aliphatic rings. The van der Waals surface area contributed by atoms with Gasteiger partial charge in [-0.1, -0.05) is 18.2 Å². The number of carbonyl (C=O) groups excluding carboxylic acids is 1. The molecule has 0 saturated heterocycles. The minimum Gasteiger partial charge on any atom is -0.494 e. The largest absolute Gasteiger partial charge is 0.494 e. The summed E-state index contributed by atoms with van der Waals surface area (Å²) in [7, 11) is 3.31. The molecule has 0 radical (unpaired) electrons. The number of fused-ring (bicyclic) bond motifs is 1.